The largest absolute Gasteiger partial charge is 0.325 e. The predicted molar refractivity (Wildman–Crippen MR) is 96.3 cm³/mol. The summed E-state index contributed by atoms with van der Waals surface area (Å²) in [5, 5.41) is 4.82. The summed E-state index contributed by atoms with van der Waals surface area (Å²) in [7, 11) is 0. The number of anilines is 1. The van der Waals surface area contributed by atoms with E-state index in [1.165, 1.54) is 6.07 Å². The predicted octanol–water partition coefficient (Wildman–Crippen LogP) is 2.69. The van der Waals surface area contributed by atoms with Crippen LogP contribution in [0.4, 0.5) is 19.3 Å². The number of nitrogens with zero attached hydrogens (tertiary/aromatic N) is 1. The molecule has 0 radical (unpaired) electrons. The molecule has 2 aromatic rings. The highest BCUT2D eigenvalue weighted by Gasteiger charge is 2.54. The van der Waals surface area contributed by atoms with Gasteiger partial charge in [-0.3, -0.25) is 14.5 Å². The molecule has 2 aromatic carbocycles. The topological polar surface area (TPSA) is 78.5 Å². The average molecular weight is 385 g/mol. The maximum Gasteiger partial charge on any atom is 0.325 e. The Balaban J connectivity index is 1.57. The molecular formula is C20H17F2N3O3. The number of hydrogen-bond acceptors (Lipinski definition) is 3. The van der Waals surface area contributed by atoms with Gasteiger partial charge < -0.3 is 10.6 Å². The van der Waals surface area contributed by atoms with Gasteiger partial charge >= 0.3 is 6.03 Å². The van der Waals surface area contributed by atoms with E-state index in [-0.39, 0.29) is 0 Å². The summed E-state index contributed by atoms with van der Waals surface area (Å²) in [6.45, 7) is -0.637. The van der Waals surface area contributed by atoms with Crippen LogP contribution in [0.5, 0.6) is 0 Å². The van der Waals surface area contributed by atoms with Crippen molar-refractivity contribution in [3.05, 3.63) is 65.2 Å². The first-order valence-corrected chi connectivity index (χ1v) is 8.89. The molecule has 0 bridgehead atoms. The minimum Gasteiger partial charge on any atom is -0.320 e. The fourth-order valence-electron chi connectivity index (χ4n) is 3.89. The number of carbonyl (C=O) groups is 3. The van der Waals surface area contributed by atoms with Gasteiger partial charge in [-0.1, -0.05) is 30.3 Å². The van der Waals surface area contributed by atoms with Gasteiger partial charge in [-0.2, -0.15) is 0 Å². The van der Waals surface area contributed by atoms with Gasteiger partial charge in [0.15, 0.2) is 0 Å². The molecule has 0 saturated carbocycles. The Morgan fingerprint density at radius 2 is 1.82 bits per heavy atom. The normalized spacial score (nSPS) is 20.9. The monoisotopic (exact) mass is 385 g/mol. The van der Waals surface area contributed by atoms with E-state index in [1.54, 1.807) is 12.1 Å². The molecule has 0 unspecified atom stereocenters. The summed E-state index contributed by atoms with van der Waals surface area (Å²) in [6.07, 6.45) is 1.94. The van der Waals surface area contributed by atoms with Crippen LogP contribution in [0.2, 0.25) is 0 Å². The molecule has 1 saturated heterocycles. The molecule has 4 amide bonds. The molecule has 144 valence electrons. The third kappa shape index (κ3) is 2.81. The van der Waals surface area contributed by atoms with Gasteiger partial charge in [0.25, 0.3) is 5.91 Å². The van der Waals surface area contributed by atoms with E-state index in [0.717, 1.165) is 34.6 Å². The van der Waals surface area contributed by atoms with Crippen LogP contribution in [0.15, 0.2) is 42.5 Å². The Morgan fingerprint density at radius 1 is 1.11 bits per heavy atom. The summed E-state index contributed by atoms with van der Waals surface area (Å²) >= 11 is 0. The van der Waals surface area contributed by atoms with Crippen LogP contribution < -0.4 is 10.6 Å². The number of imide groups is 1. The fraction of sp³-hybridized carbons (Fsp3) is 0.250. The molecule has 1 aliphatic heterocycles. The van der Waals surface area contributed by atoms with Crippen molar-refractivity contribution in [1.82, 2.24) is 10.2 Å². The number of para-hydroxylation sites is 1. The van der Waals surface area contributed by atoms with Crippen LogP contribution in [0.25, 0.3) is 0 Å². The fourth-order valence-corrected chi connectivity index (χ4v) is 3.89. The summed E-state index contributed by atoms with van der Waals surface area (Å²) in [4.78, 5) is 38.6. The highest BCUT2D eigenvalue weighted by molar-refractivity contribution is 6.10. The molecule has 1 atom stereocenters. The molecule has 1 spiro atoms. The van der Waals surface area contributed by atoms with Crippen molar-refractivity contribution in [2.45, 2.75) is 24.8 Å². The summed E-state index contributed by atoms with van der Waals surface area (Å²) in [5.41, 5.74) is -0.114. The molecule has 6 nitrogen and oxygen atoms in total. The lowest BCUT2D eigenvalue weighted by Gasteiger charge is -2.33. The first-order chi connectivity index (χ1) is 13.4. The second-order valence-electron chi connectivity index (χ2n) is 6.88. The number of aryl methyl sites for hydroxylation is 1. The maximum atomic E-state index is 13.7. The van der Waals surface area contributed by atoms with Gasteiger partial charge in [-0.05, 0) is 42.5 Å². The van der Waals surface area contributed by atoms with Gasteiger partial charge in [0.2, 0.25) is 5.91 Å². The Morgan fingerprint density at radius 3 is 2.57 bits per heavy atom. The first kappa shape index (κ1) is 18.1. The SMILES string of the molecule is O=C(CN1C(=O)N[C@@]2(CCCc3ccccc32)C1=O)Nc1c(F)cccc1F. The van der Waals surface area contributed by atoms with E-state index >= 15 is 0 Å². The number of hydrogen-bond donors (Lipinski definition) is 2. The van der Waals surface area contributed by atoms with E-state index in [0.29, 0.717) is 12.8 Å². The van der Waals surface area contributed by atoms with Gasteiger partial charge in [0, 0.05) is 0 Å². The van der Waals surface area contributed by atoms with E-state index in [2.05, 4.69) is 10.6 Å². The number of halogens is 2. The van der Waals surface area contributed by atoms with Crippen molar-refractivity contribution in [2.24, 2.45) is 0 Å². The van der Waals surface area contributed by atoms with Crippen LogP contribution in [-0.4, -0.2) is 29.3 Å². The van der Waals surface area contributed by atoms with Crippen molar-refractivity contribution < 1.29 is 23.2 Å². The van der Waals surface area contributed by atoms with Crippen molar-refractivity contribution in [1.29, 1.82) is 0 Å². The first-order valence-electron chi connectivity index (χ1n) is 8.89. The Labute approximate surface area is 159 Å². The molecule has 28 heavy (non-hydrogen) atoms. The van der Waals surface area contributed by atoms with Crippen molar-refractivity contribution in [3.63, 3.8) is 0 Å². The highest BCUT2D eigenvalue weighted by atomic mass is 19.1. The minimum absolute atomic E-state index is 0.425. The number of urea groups is 1. The van der Waals surface area contributed by atoms with Crippen LogP contribution in [0.3, 0.4) is 0 Å². The van der Waals surface area contributed by atoms with E-state index in [1.807, 2.05) is 12.1 Å². The minimum atomic E-state index is -1.20. The number of nitrogens with one attached hydrogen (secondary N) is 2. The molecule has 8 heteroatoms. The average Bonchev–Trinajstić information content (AvgIpc) is 2.90. The van der Waals surface area contributed by atoms with Crippen LogP contribution in [0, 0.1) is 11.6 Å². The second kappa shape index (κ2) is 6.70. The van der Waals surface area contributed by atoms with E-state index in [9.17, 15) is 23.2 Å². The zero-order valence-corrected chi connectivity index (χ0v) is 14.8. The quantitative estimate of drug-likeness (QED) is 0.798. The zero-order valence-electron chi connectivity index (χ0n) is 14.8. The van der Waals surface area contributed by atoms with E-state index in [4.69, 9.17) is 0 Å². The number of carbonyl (C=O) groups excluding carboxylic acids is 3. The third-order valence-corrected chi connectivity index (χ3v) is 5.18. The van der Waals surface area contributed by atoms with Crippen molar-refractivity contribution >= 4 is 23.5 Å². The van der Waals surface area contributed by atoms with Crippen LogP contribution >= 0.6 is 0 Å². The molecule has 1 heterocycles. The van der Waals surface area contributed by atoms with Gasteiger partial charge in [0.1, 0.15) is 29.4 Å². The van der Waals surface area contributed by atoms with Crippen molar-refractivity contribution in [3.8, 4) is 0 Å². The molecule has 1 aliphatic carbocycles. The van der Waals surface area contributed by atoms with Gasteiger partial charge in [-0.15, -0.1) is 0 Å². The summed E-state index contributed by atoms with van der Waals surface area (Å²) < 4.78 is 27.4. The third-order valence-electron chi connectivity index (χ3n) is 5.18. The molecule has 0 aromatic heterocycles. The lowest BCUT2D eigenvalue weighted by molar-refractivity contribution is -0.134. The van der Waals surface area contributed by atoms with Gasteiger partial charge in [0.05, 0.1) is 0 Å². The summed E-state index contributed by atoms with van der Waals surface area (Å²) in [5.74, 6) is -3.28. The van der Waals surface area contributed by atoms with Crippen LogP contribution in [0.1, 0.15) is 24.0 Å². The maximum absolute atomic E-state index is 13.7. The number of benzene rings is 2. The second-order valence-corrected chi connectivity index (χ2v) is 6.88. The van der Waals surface area contributed by atoms with Gasteiger partial charge in [-0.25, -0.2) is 13.6 Å². The van der Waals surface area contributed by atoms with E-state index < -0.39 is 47.3 Å². The lowest BCUT2D eigenvalue weighted by atomic mass is 9.76. The number of rotatable bonds is 3. The molecule has 1 fully saturated rings. The van der Waals surface area contributed by atoms with Crippen LogP contribution in [-0.2, 0) is 21.5 Å². The molecule has 2 N–H and O–H groups in total. The smallest absolute Gasteiger partial charge is 0.320 e. The lowest BCUT2D eigenvalue weighted by Crippen LogP contribution is -2.47. The Kier molecular flexibility index (Phi) is 4.33. The Bertz CT molecular complexity index is 974. The number of fused-ring (bicyclic) bond motifs is 2. The molecule has 2 aliphatic rings. The Hall–Kier alpha value is -3.29. The zero-order chi connectivity index (χ0) is 19.9. The highest BCUT2D eigenvalue weighted by Crippen LogP contribution is 2.39. The standard InChI is InChI=1S/C20H17F2N3O3/c21-14-8-3-9-15(22)17(14)23-16(26)11-25-18(27)20(24-19(25)28)10-4-6-12-5-1-2-7-13(12)20/h1-3,5,7-9H,4,6,10-11H2,(H,23,26)(H,24,28)/t20-/m1/s1. The van der Waals surface area contributed by atoms with Crippen molar-refractivity contribution in [2.75, 3.05) is 11.9 Å². The number of amides is 4. The summed E-state index contributed by atoms with van der Waals surface area (Å²) in [6, 6.07) is 9.83. The molecule has 4 rings (SSSR count). The molecular weight excluding hydrogens is 368 g/mol.